The fourth-order valence-electron chi connectivity index (χ4n) is 1.65. The second-order valence-electron chi connectivity index (χ2n) is 4.95. The van der Waals surface area contributed by atoms with Gasteiger partial charge in [-0.15, -0.1) is 0 Å². The molecular weight excluding hydrogens is 226 g/mol. The molecule has 1 heterocycles. The molecule has 0 radical (unpaired) electrons. The van der Waals surface area contributed by atoms with Crippen LogP contribution in [0.2, 0.25) is 0 Å². The molecule has 1 aliphatic rings. The van der Waals surface area contributed by atoms with E-state index in [4.69, 9.17) is 8.92 Å². The maximum atomic E-state index is 11.8. The lowest BCUT2D eigenvalue weighted by atomic mass is 10.1. The van der Waals surface area contributed by atoms with E-state index < -0.39 is 5.60 Å². The molecule has 4 nitrogen and oxygen atoms in total. The summed E-state index contributed by atoms with van der Waals surface area (Å²) in [6.07, 6.45) is 3.79. The van der Waals surface area contributed by atoms with Gasteiger partial charge in [-0.2, -0.15) is 0 Å². The van der Waals surface area contributed by atoms with Gasteiger partial charge in [0.05, 0.1) is 12.6 Å². The molecule has 1 atom stereocenters. The third-order valence-electron chi connectivity index (χ3n) is 2.26. The average molecular weight is 247 g/mol. The standard InChI is InChI=1S/C11H21NO3S/c1-11(2,3)14-10(13)12-7-5-6-9(8-12)15-16-4/h9H,5-8H2,1-4H3/t9-/m0/s1. The molecule has 0 aromatic carbocycles. The van der Waals surface area contributed by atoms with Crippen molar-refractivity contribution >= 4 is 18.1 Å². The van der Waals surface area contributed by atoms with Gasteiger partial charge in [0, 0.05) is 12.8 Å². The summed E-state index contributed by atoms with van der Waals surface area (Å²) in [5, 5.41) is 0. The molecule has 1 aliphatic heterocycles. The fraction of sp³-hybridized carbons (Fsp3) is 0.909. The van der Waals surface area contributed by atoms with E-state index in [1.54, 1.807) is 4.90 Å². The second-order valence-corrected chi connectivity index (χ2v) is 5.48. The largest absolute Gasteiger partial charge is 0.444 e. The Labute approximate surface area is 102 Å². The molecule has 0 bridgehead atoms. The van der Waals surface area contributed by atoms with Gasteiger partial charge in [0.2, 0.25) is 0 Å². The van der Waals surface area contributed by atoms with E-state index >= 15 is 0 Å². The normalized spacial score (nSPS) is 22.0. The van der Waals surface area contributed by atoms with E-state index in [0.717, 1.165) is 19.4 Å². The number of piperidine rings is 1. The van der Waals surface area contributed by atoms with Crippen LogP contribution in [0.25, 0.3) is 0 Å². The van der Waals surface area contributed by atoms with Gasteiger partial charge in [-0.25, -0.2) is 4.79 Å². The van der Waals surface area contributed by atoms with Gasteiger partial charge >= 0.3 is 6.09 Å². The quantitative estimate of drug-likeness (QED) is 0.703. The summed E-state index contributed by atoms with van der Waals surface area (Å²) in [4.78, 5) is 13.5. The van der Waals surface area contributed by atoms with Crippen molar-refractivity contribution in [1.82, 2.24) is 4.90 Å². The van der Waals surface area contributed by atoms with E-state index in [-0.39, 0.29) is 12.2 Å². The zero-order valence-corrected chi connectivity index (χ0v) is 11.3. The monoisotopic (exact) mass is 247 g/mol. The minimum atomic E-state index is -0.426. The Morgan fingerprint density at radius 1 is 1.44 bits per heavy atom. The van der Waals surface area contributed by atoms with Crippen molar-refractivity contribution in [3.63, 3.8) is 0 Å². The summed E-state index contributed by atoms with van der Waals surface area (Å²) < 4.78 is 10.8. The lowest BCUT2D eigenvalue weighted by molar-refractivity contribution is 0.0100. The smallest absolute Gasteiger partial charge is 0.410 e. The molecule has 0 aromatic heterocycles. The lowest BCUT2D eigenvalue weighted by Gasteiger charge is -2.33. The van der Waals surface area contributed by atoms with Crippen LogP contribution in [0, 0.1) is 0 Å². The zero-order valence-electron chi connectivity index (χ0n) is 10.5. The van der Waals surface area contributed by atoms with Gasteiger partial charge in [0.1, 0.15) is 5.60 Å². The number of ether oxygens (including phenoxy) is 1. The number of likely N-dealkylation sites (tertiary alicyclic amines) is 1. The molecule has 94 valence electrons. The summed E-state index contributed by atoms with van der Waals surface area (Å²) in [6, 6.07) is 0. The van der Waals surface area contributed by atoms with Crippen molar-refractivity contribution in [1.29, 1.82) is 0 Å². The first-order chi connectivity index (χ1) is 7.42. The first-order valence-corrected chi connectivity index (χ1v) is 6.75. The van der Waals surface area contributed by atoms with Crippen LogP contribution in [0.3, 0.4) is 0 Å². The van der Waals surface area contributed by atoms with Crippen molar-refractivity contribution < 1.29 is 13.7 Å². The first kappa shape index (κ1) is 13.6. The van der Waals surface area contributed by atoms with E-state index in [1.165, 1.54) is 12.0 Å². The molecule has 1 rings (SSSR count). The summed E-state index contributed by atoms with van der Waals surface area (Å²) in [7, 11) is 0. The Morgan fingerprint density at radius 3 is 2.69 bits per heavy atom. The molecule has 0 N–H and O–H groups in total. The third kappa shape index (κ3) is 4.61. The highest BCUT2D eigenvalue weighted by molar-refractivity contribution is 7.93. The Kier molecular flexibility index (Phi) is 4.92. The highest BCUT2D eigenvalue weighted by Gasteiger charge is 2.27. The number of rotatable bonds is 2. The van der Waals surface area contributed by atoms with Crippen LogP contribution in [-0.2, 0) is 8.92 Å². The molecule has 16 heavy (non-hydrogen) atoms. The summed E-state index contributed by atoms with van der Waals surface area (Å²) in [6.45, 7) is 7.04. The highest BCUT2D eigenvalue weighted by atomic mass is 32.2. The van der Waals surface area contributed by atoms with Gasteiger partial charge in [-0.3, -0.25) is 0 Å². The molecule has 0 saturated carbocycles. The minimum Gasteiger partial charge on any atom is -0.444 e. The maximum absolute atomic E-state index is 11.8. The number of amides is 1. The number of carbonyl (C=O) groups excluding carboxylic acids is 1. The number of nitrogens with zero attached hydrogens (tertiary/aromatic N) is 1. The summed E-state index contributed by atoms with van der Waals surface area (Å²) in [5.41, 5.74) is -0.426. The van der Waals surface area contributed by atoms with Crippen LogP contribution in [0.4, 0.5) is 4.79 Å². The van der Waals surface area contributed by atoms with E-state index in [1.807, 2.05) is 27.0 Å². The lowest BCUT2D eigenvalue weighted by Crippen LogP contribution is -2.44. The Balaban J connectivity index is 2.44. The maximum Gasteiger partial charge on any atom is 0.410 e. The molecular formula is C11H21NO3S. The van der Waals surface area contributed by atoms with Gasteiger partial charge < -0.3 is 13.8 Å². The highest BCUT2D eigenvalue weighted by Crippen LogP contribution is 2.19. The fourth-order valence-corrected chi connectivity index (χ4v) is 2.07. The van der Waals surface area contributed by atoms with Crippen molar-refractivity contribution in [2.45, 2.75) is 45.3 Å². The third-order valence-corrected chi connectivity index (χ3v) is 2.73. The Hall–Kier alpha value is -0.420. The van der Waals surface area contributed by atoms with Crippen LogP contribution >= 0.6 is 12.0 Å². The van der Waals surface area contributed by atoms with Crippen LogP contribution < -0.4 is 0 Å². The average Bonchev–Trinajstić information content (AvgIpc) is 2.16. The topological polar surface area (TPSA) is 38.8 Å². The van der Waals surface area contributed by atoms with Gasteiger partial charge in [-0.05, 0) is 45.7 Å². The van der Waals surface area contributed by atoms with Crippen LogP contribution in [0.5, 0.6) is 0 Å². The van der Waals surface area contributed by atoms with E-state index in [0.29, 0.717) is 6.54 Å². The first-order valence-electron chi connectivity index (χ1n) is 5.60. The molecule has 0 unspecified atom stereocenters. The second kappa shape index (κ2) is 5.77. The zero-order chi connectivity index (χ0) is 12.2. The van der Waals surface area contributed by atoms with Crippen LogP contribution in [-0.4, -0.2) is 42.0 Å². The molecule has 1 saturated heterocycles. The molecule has 0 aromatic rings. The number of hydrogen-bond acceptors (Lipinski definition) is 4. The van der Waals surface area contributed by atoms with Crippen molar-refractivity contribution in [2.75, 3.05) is 19.3 Å². The SMILES string of the molecule is CSO[C@H]1CCCN(C(=O)OC(C)(C)C)C1. The molecule has 0 spiro atoms. The molecule has 1 amide bonds. The Bertz CT molecular complexity index is 238. The molecule has 5 heteroatoms. The van der Waals surface area contributed by atoms with Gasteiger partial charge in [-0.1, -0.05) is 0 Å². The number of hydrogen-bond donors (Lipinski definition) is 0. The summed E-state index contributed by atoms with van der Waals surface area (Å²) in [5.74, 6) is 0. The minimum absolute atomic E-state index is 0.135. The van der Waals surface area contributed by atoms with Crippen molar-refractivity contribution in [3.05, 3.63) is 0 Å². The van der Waals surface area contributed by atoms with Crippen molar-refractivity contribution in [3.8, 4) is 0 Å². The van der Waals surface area contributed by atoms with Crippen LogP contribution in [0.15, 0.2) is 0 Å². The van der Waals surface area contributed by atoms with Gasteiger partial charge in [0.25, 0.3) is 0 Å². The molecule has 1 fully saturated rings. The predicted octanol–water partition coefficient (Wildman–Crippen LogP) is 2.68. The van der Waals surface area contributed by atoms with Crippen LogP contribution in [0.1, 0.15) is 33.6 Å². The van der Waals surface area contributed by atoms with E-state index in [2.05, 4.69) is 0 Å². The Morgan fingerprint density at radius 2 is 2.12 bits per heavy atom. The van der Waals surface area contributed by atoms with Crippen molar-refractivity contribution in [2.24, 2.45) is 0 Å². The van der Waals surface area contributed by atoms with E-state index in [9.17, 15) is 4.79 Å². The summed E-state index contributed by atoms with van der Waals surface area (Å²) >= 11 is 1.36. The van der Waals surface area contributed by atoms with Gasteiger partial charge in [0.15, 0.2) is 0 Å². The number of carbonyl (C=O) groups is 1. The predicted molar refractivity (Wildman–Crippen MR) is 65.4 cm³/mol. The molecule has 0 aliphatic carbocycles.